The second kappa shape index (κ2) is 10.0. The molecular weight excluding hydrogens is 398 g/mol. The predicted molar refractivity (Wildman–Crippen MR) is 121 cm³/mol. The molecule has 2 rings (SSSR count). The van der Waals surface area contributed by atoms with E-state index >= 15 is 0 Å². The molecule has 0 bridgehead atoms. The van der Waals surface area contributed by atoms with E-state index in [9.17, 15) is 9.59 Å². The Kier molecular flexibility index (Phi) is 7.91. The number of aryl methyl sites for hydroxylation is 1. The van der Waals surface area contributed by atoms with Crippen LogP contribution in [0.2, 0.25) is 0 Å². The Morgan fingerprint density at radius 1 is 1.26 bits per heavy atom. The Labute approximate surface area is 185 Å². The van der Waals surface area contributed by atoms with Crippen LogP contribution in [0.3, 0.4) is 0 Å². The molecule has 10 heteroatoms. The monoisotopic (exact) mass is 435 g/mol. The number of guanidine groups is 1. The highest BCUT2D eigenvalue weighted by Gasteiger charge is 2.32. The van der Waals surface area contributed by atoms with Crippen molar-refractivity contribution >= 4 is 23.6 Å². The summed E-state index contributed by atoms with van der Waals surface area (Å²) >= 11 is 0. The number of amides is 2. The summed E-state index contributed by atoms with van der Waals surface area (Å²) in [6.45, 7) is 11.5. The summed E-state index contributed by atoms with van der Waals surface area (Å²) < 4.78 is 7.12. The molecule has 0 spiro atoms. The fourth-order valence-electron chi connectivity index (χ4n) is 3.50. The van der Waals surface area contributed by atoms with Gasteiger partial charge in [0.1, 0.15) is 12.1 Å². The Balaban J connectivity index is 1.99. The molecule has 0 radical (unpaired) electrons. The van der Waals surface area contributed by atoms with Crippen LogP contribution in [0.25, 0.3) is 0 Å². The molecule has 0 aliphatic carbocycles. The molecule has 2 N–H and O–H groups in total. The highest BCUT2D eigenvalue weighted by molar-refractivity contribution is 5.98. The first-order valence-electron chi connectivity index (χ1n) is 10.8. The van der Waals surface area contributed by atoms with Crippen molar-refractivity contribution in [3.8, 4) is 0 Å². The van der Waals surface area contributed by atoms with Gasteiger partial charge in [-0.2, -0.15) is 5.10 Å². The number of rotatable bonds is 6. The number of hydrogen-bond acceptors (Lipinski definition) is 5. The van der Waals surface area contributed by atoms with Crippen molar-refractivity contribution in [3.63, 3.8) is 0 Å². The summed E-state index contributed by atoms with van der Waals surface area (Å²) in [5.74, 6) is 0.628. The van der Waals surface area contributed by atoms with Crippen molar-refractivity contribution in [3.05, 3.63) is 12.4 Å². The fourth-order valence-corrected chi connectivity index (χ4v) is 3.50. The summed E-state index contributed by atoms with van der Waals surface area (Å²) in [4.78, 5) is 33.1. The Morgan fingerprint density at radius 3 is 2.42 bits per heavy atom. The Bertz CT molecular complexity index is 793. The highest BCUT2D eigenvalue weighted by Crippen LogP contribution is 2.18. The molecule has 31 heavy (non-hydrogen) atoms. The highest BCUT2D eigenvalue weighted by atomic mass is 16.6. The van der Waals surface area contributed by atoms with E-state index in [4.69, 9.17) is 4.74 Å². The van der Waals surface area contributed by atoms with Gasteiger partial charge in [-0.3, -0.25) is 14.5 Å². The summed E-state index contributed by atoms with van der Waals surface area (Å²) in [5.41, 5.74) is -0.248. The minimum Gasteiger partial charge on any atom is -0.444 e. The number of piperazine rings is 1. The van der Waals surface area contributed by atoms with Gasteiger partial charge in [-0.1, -0.05) is 13.8 Å². The first kappa shape index (κ1) is 24.5. The summed E-state index contributed by atoms with van der Waals surface area (Å²) in [5, 5.41) is 10.5. The standard InChI is InChI=1S/C21H37N7O3/c1-8-21(9-2,25-19(30)31-20(3,4)5)15-23-18(22-6)27-10-11-28(17(29)14-27)16-12-24-26(7)13-16/h12-13H,8-11,14-15H2,1-7H3,(H,22,23)(H,25,30). The van der Waals surface area contributed by atoms with Gasteiger partial charge in [0.25, 0.3) is 0 Å². The summed E-state index contributed by atoms with van der Waals surface area (Å²) in [6.07, 6.45) is 4.54. The molecule has 1 aromatic heterocycles. The minimum absolute atomic E-state index is 0.00803. The van der Waals surface area contributed by atoms with Gasteiger partial charge in [0.05, 0.1) is 17.4 Å². The first-order valence-corrected chi connectivity index (χ1v) is 10.8. The lowest BCUT2D eigenvalue weighted by atomic mass is 9.93. The number of aliphatic imine (C=N–C) groups is 1. The molecule has 1 aromatic rings. The zero-order valence-corrected chi connectivity index (χ0v) is 19.9. The van der Waals surface area contributed by atoms with E-state index in [-0.39, 0.29) is 12.5 Å². The van der Waals surface area contributed by atoms with Crippen LogP contribution in [0.15, 0.2) is 17.4 Å². The molecule has 2 heterocycles. The van der Waals surface area contributed by atoms with Crippen molar-refractivity contribution in [2.75, 3.05) is 38.1 Å². The molecule has 0 atom stereocenters. The van der Waals surface area contributed by atoms with Crippen molar-refractivity contribution in [2.24, 2.45) is 12.0 Å². The molecule has 1 aliphatic heterocycles. The molecule has 1 saturated heterocycles. The van der Waals surface area contributed by atoms with Gasteiger partial charge in [0.15, 0.2) is 5.96 Å². The van der Waals surface area contributed by atoms with E-state index < -0.39 is 17.2 Å². The average molecular weight is 436 g/mol. The smallest absolute Gasteiger partial charge is 0.408 e. The van der Waals surface area contributed by atoms with Crippen molar-refractivity contribution in [1.29, 1.82) is 0 Å². The molecular formula is C21H37N7O3. The van der Waals surface area contributed by atoms with Crippen LogP contribution in [0, 0.1) is 0 Å². The van der Waals surface area contributed by atoms with Gasteiger partial charge in [-0.15, -0.1) is 0 Å². The fraction of sp³-hybridized carbons (Fsp3) is 0.714. The van der Waals surface area contributed by atoms with Gasteiger partial charge in [-0.25, -0.2) is 4.79 Å². The Morgan fingerprint density at radius 2 is 1.94 bits per heavy atom. The van der Waals surface area contributed by atoms with Gasteiger partial charge in [0.2, 0.25) is 5.91 Å². The van der Waals surface area contributed by atoms with Gasteiger partial charge < -0.3 is 25.2 Å². The van der Waals surface area contributed by atoms with Gasteiger partial charge in [0, 0.05) is 39.9 Å². The molecule has 1 fully saturated rings. The van der Waals surface area contributed by atoms with Crippen LogP contribution in [-0.2, 0) is 16.6 Å². The van der Waals surface area contributed by atoms with Crippen LogP contribution in [0.5, 0.6) is 0 Å². The van der Waals surface area contributed by atoms with E-state index in [0.717, 1.165) is 18.5 Å². The number of alkyl carbamates (subject to hydrolysis) is 1. The quantitative estimate of drug-likeness (QED) is 0.521. The third-order valence-electron chi connectivity index (χ3n) is 5.44. The lowest BCUT2D eigenvalue weighted by molar-refractivity contribution is -0.120. The predicted octanol–water partition coefficient (Wildman–Crippen LogP) is 1.73. The number of carbonyl (C=O) groups is 2. The second-order valence-corrected chi connectivity index (χ2v) is 8.85. The number of anilines is 1. The molecule has 2 amide bonds. The number of ether oxygens (including phenoxy) is 1. The Hall–Kier alpha value is -2.78. The van der Waals surface area contributed by atoms with Crippen LogP contribution in [0.4, 0.5) is 10.5 Å². The lowest BCUT2D eigenvalue weighted by Gasteiger charge is -2.38. The topological polar surface area (TPSA) is 104 Å². The third-order valence-corrected chi connectivity index (χ3v) is 5.44. The zero-order valence-electron chi connectivity index (χ0n) is 19.9. The summed E-state index contributed by atoms with van der Waals surface area (Å²) in [6, 6.07) is 0. The lowest BCUT2D eigenvalue weighted by Crippen LogP contribution is -2.60. The maximum absolute atomic E-state index is 12.7. The molecule has 1 aliphatic rings. The van der Waals surface area contributed by atoms with Crippen molar-refractivity contribution in [1.82, 2.24) is 25.3 Å². The molecule has 10 nitrogen and oxygen atoms in total. The van der Waals surface area contributed by atoms with Crippen LogP contribution in [0.1, 0.15) is 47.5 Å². The first-order chi connectivity index (χ1) is 14.5. The number of hydrogen-bond donors (Lipinski definition) is 2. The van der Waals surface area contributed by atoms with Crippen LogP contribution < -0.4 is 15.5 Å². The van der Waals surface area contributed by atoms with E-state index in [2.05, 4.69) is 20.7 Å². The van der Waals surface area contributed by atoms with Crippen LogP contribution in [-0.4, -0.2) is 77.0 Å². The molecule has 174 valence electrons. The number of nitrogens with one attached hydrogen (secondary N) is 2. The average Bonchev–Trinajstić information content (AvgIpc) is 3.12. The van der Waals surface area contributed by atoms with Gasteiger partial charge >= 0.3 is 6.09 Å². The minimum atomic E-state index is -0.560. The maximum Gasteiger partial charge on any atom is 0.408 e. The number of carbonyl (C=O) groups excluding carboxylic acids is 2. The zero-order chi connectivity index (χ0) is 23.2. The summed E-state index contributed by atoms with van der Waals surface area (Å²) in [7, 11) is 3.52. The normalized spacial score (nSPS) is 15.8. The van der Waals surface area contributed by atoms with E-state index in [1.54, 1.807) is 22.8 Å². The van der Waals surface area contributed by atoms with E-state index in [1.165, 1.54) is 0 Å². The SMILES string of the molecule is CCC(CC)(CNC(=NC)N1CCN(c2cnn(C)c2)C(=O)C1)NC(=O)OC(C)(C)C. The van der Waals surface area contributed by atoms with Crippen molar-refractivity contribution in [2.45, 2.75) is 58.6 Å². The molecule has 0 aromatic carbocycles. The van der Waals surface area contributed by atoms with E-state index in [1.807, 2.05) is 52.8 Å². The number of nitrogens with zero attached hydrogens (tertiary/aromatic N) is 5. The number of aromatic nitrogens is 2. The van der Waals surface area contributed by atoms with Crippen molar-refractivity contribution < 1.29 is 14.3 Å². The van der Waals surface area contributed by atoms with Gasteiger partial charge in [-0.05, 0) is 33.6 Å². The van der Waals surface area contributed by atoms with Crippen LogP contribution >= 0.6 is 0 Å². The maximum atomic E-state index is 12.7. The molecule has 0 saturated carbocycles. The third kappa shape index (κ3) is 6.60. The van der Waals surface area contributed by atoms with E-state index in [0.29, 0.717) is 25.6 Å². The largest absolute Gasteiger partial charge is 0.444 e. The molecule has 0 unspecified atom stereocenters. The second-order valence-electron chi connectivity index (χ2n) is 8.85.